The van der Waals surface area contributed by atoms with E-state index in [1.807, 2.05) is 0 Å². The van der Waals surface area contributed by atoms with Crippen molar-refractivity contribution < 1.29 is 28.9 Å². The average Bonchev–Trinajstić information content (AvgIpc) is 2.25. The van der Waals surface area contributed by atoms with Crippen LogP contribution in [0.1, 0.15) is 17.3 Å². The molecular formula is C11H13FO5. The van der Waals surface area contributed by atoms with Crippen molar-refractivity contribution >= 4 is 5.97 Å². The number of methoxy groups -OCH3 is 1. The first-order valence-electron chi connectivity index (χ1n) is 4.87. The van der Waals surface area contributed by atoms with E-state index in [1.54, 1.807) is 0 Å². The van der Waals surface area contributed by atoms with E-state index >= 15 is 0 Å². The van der Waals surface area contributed by atoms with Gasteiger partial charge in [-0.25, -0.2) is 9.18 Å². The lowest BCUT2D eigenvalue weighted by Crippen LogP contribution is -2.14. The third-order valence-corrected chi connectivity index (χ3v) is 1.95. The van der Waals surface area contributed by atoms with Crippen molar-refractivity contribution in [1.82, 2.24) is 0 Å². The van der Waals surface area contributed by atoms with Crippen LogP contribution in [0.4, 0.5) is 4.39 Å². The van der Waals surface area contributed by atoms with E-state index in [0.717, 1.165) is 12.1 Å². The Bertz CT molecular complexity index is 417. The number of hydrogen-bond acceptors (Lipinski definition) is 4. The fourth-order valence-corrected chi connectivity index (χ4v) is 1.19. The number of carbonyl (C=O) groups is 1. The minimum Gasteiger partial charge on any atom is -0.493 e. The molecule has 0 aliphatic rings. The first kappa shape index (κ1) is 13.2. The molecule has 0 heterocycles. The number of benzene rings is 1. The Morgan fingerprint density at radius 1 is 1.53 bits per heavy atom. The molecule has 17 heavy (non-hydrogen) atoms. The van der Waals surface area contributed by atoms with Crippen molar-refractivity contribution in [1.29, 1.82) is 0 Å². The van der Waals surface area contributed by atoms with Crippen LogP contribution in [0.2, 0.25) is 0 Å². The van der Waals surface area contributed by atoms with Gasteiger partial charge in [0, 0.05) is 0 Å². The molecule has 0 radical (unpaired) electrons. The minimum absolute atomic E-state index is 0.0250. The topological polar surface area (TPSA) is 76.0 Å². The molecule has 0 bridgehead atoms. The molecule has 0 aliphatic carbocycles. The second-order valence-corrected chi connectivity index (χ2v) is 3.45. The molecule has 0 unspecified atom stereocenters. The number of ether oxygens (including phenoxy) is 2. The minimum atomic E-state index is -1.26. The third-order valence-electron chi connectivity index (χ3n) is 1.95. The summed E-state index contributed by atoms with van der Waals surface area (Å²) in [5.74, 6) is -2.34. The highest BCUT2D eigenvalue weighted by atomic mass is 19.1. The molecule has 1 aromatic rings. The lowest BCUT2D eigenvalue weighted by atomic mass is 10.2. The van der Waals surface area contributed by atoms with Crippen LogP contribution in [0.15, 0.2) is 12.1 Å². The molecular weight excluding hydrogens is 231 g/mol. The Morgan fingerprint density at radius 2 is 2.18 bits per heavy atom. The summed E-state index contributed by atoms with van der Waals surface area (Å²) >= 11 is 0. The van der Waals surface area contributed by atoms with Crippen LogP contribution in [-0.2, 0) is 0 Å². The predicted molar refractivity (Wildman–Crippen MR) is 57.1 cm³/mol. The number of aliphatic hydroxyl groups excluding tert-OH is 1. The zero-order valence-electron chi connectivity index (χ0n) is 9.44. The first-order chi connectivity index (χ1) is 7.95. The van der Waals surface area contributed by atoms with Crippen LogP contribution in [0.3, 0.4) is 0 Å². The molecule has 0 saturated carbocycles. The summed E-state index contributed by atoms with van der Waals surface area (Å²) in [6, 6.07) is 1.99. The van der Waals surface area contributed by atoms with Gasteiger partial charge in [0.25, 0.3) is 0 Å². The fraction of sp³-hybridized carbons (Fsp3) is 0.364. The quantitative estimate of drug-likeness (QED) is 0.816. The van der Waals surface area contributed by atoms with Gasteiger partial charge in [0.05, 0.1) is 18.8 Å². The van der Waals surface area contributed by atoms with Gasteiger partial charge in [-0.3, -0.25) is 0 Å². The van der Waals surface area contributed by atoms with Crippen LogP contribution in [0.25, 0.3) is 0 Å². The summed E-state index contributed by atoms with van der Waals surface area (Å²) in [4.78, 5) is 10.7. The molecule has 0 spiro atoms. The lowest BCUT2D eigenvalue weighted by molar-refractivity contribution is 0.0695. The second kappa shape index (κ2) is 5.49. The number of halogens is 1. The maximum Gasteiger partial charge on any atom is 0.335 e. The summed E-state index contributed by atoms with van der Waals surface area (Å²) in [5, 5.41) is 17.8. The molecule has 0 aromatic heterocycles. The lowest BCUT2D eigenvalue weighted by Gasteiger charge is -2.13. The van der Waals surface area contributed by atoms with Gasteiger partial charge in [0.1, 0.15) is 6.61 Å². The molecule has 0 fully saturated rings. The van der Waals surface area contributed by atoms with Crippen LogP contribution >= 0.6 is 0 Å². The Balaban J connectivity index is 3.07. The Morgan fingerprint density at radius 3 is 2.65 bits per heavy atom. The number of carboxylic acids is 1. The number of rotatable bonds is 5. The van der Waals surface area contributed by atoms with Crippen molar-refractivity contribution in [2.24, 2.45) is 0 Å². The van der Waals surface area contributed by atoms with E-state index in [2.05, 4.69) is 0 Å². The zero-order valence-corrected chi connectivity index (χ0v) is 9.44. The van der Waals surface area contributed by atoms with Crippen molar-refractivity contribution in [2.75, 3.05) is 13.7 Å². The van der Waals surface area contributed by atoms with E-state index in [0.29, 0.717) is 0 Å². The normalized spacial score (nSPS) is 12.0. The largest absolute Gasteiger partial charge is 0.493 e. The highest BCUT2D eigenvalue weighted by molar-refractivity contribution is 5.88. The van der Waals surface area contributed by atoms with Crippen molar-refractivity contribution in [3.8, 4) is 11.5 Å². The summed E-state index contributed by atoms with van der Waals surface area (Å²) in [6.45, 7) is 1.37. The van der Waals surface area contributed by atoms with Crippen molar-refractivity contribution in [3.05, 3.63) is 23.5 Å². The molecule has 5 nitrogen and oxygen atoms in total. The van der Waals surface area contributed by atoms with E-state index in [9.17, 15) is 9.18 Å². The van der Waals surface area contributed by atoms with Gasteiger partial charge in [0.15, 0.2) is 17.3 Å². The fourth-order valence-electron chi connectivity index (χ4n) is 1.19. The number of aromatic carboxylic acids is 1. The van der Waals surface area contributed by atoms with Gasteiger partial charge in [-0.15, -0.1) is 0 Å². The zero-order chi connectivity index (χ0) is 13.0. The first-order valence-corrected chi connectivity index (χ1v) is 4.87. The SMILES string of the molecule is COc1cc(C(=O)O)cc(F)c1OC[C@@H](C)O. The maximum atomic E-state index is 13.6. The smallest absolute Gasteiger partial charge is 0.335 e. The van der Waals surface area contributed by atoms with Crippen molar-refractivity contribution in [3.63, 3.8) is 0 Å². The Hall–Kier alpha value is -1.82. The van der Waals surface area contributed by atoms with Gasteiger partial charge in [0.2, 0.25) is 0 Å². The molecule has 1 rings (SSSR count). The summed E-state index contributed by atoms with van der Waals surface area (Å²) in [5.41, 5.74) is -0.233. The molecule has 94 valence electrons. The second-order valence-electron chi connectivity index (χ2n) is 3.45. The van der Waals surface area contributed by atoms with Crippen LogP contribution in [0.5, 0.6) is 11.5 Å². The number of aliphatic hydroxyl groups is 1. The summed E-state index contributed by atoms with van der Waals surface area (Å²) < 4.78 is 23.4. The van der Waals surface area contributed by atoms with E-state index in [4.69, 9.17) is 19.7 Å². The maximum absolute atomic E-state index is 13.6. The van der Waals surface area contributed by atoms with E-state index < -0.39 is 17.9 Å². The average molecular weight is 244 g/mol. The van der Waals surface area contributed by atoms with Crippen LogP contribution < -0.4 is 9.47 Å². The van der Waals surface area contributed by atoms with Crippen molar-refractivity contribution in [2.45, 2.75) is 13.0 Å². The Labute approximate surface area is 97.4 Å². The van der Waals surface area contributed by atoms with Gasteiger partial charge < -0.3 is 19.7 Å². The number of carboxylic acid groups (broad SMARTS) is 1. The molecule has 0 saturated heterocycles. The van der Waals surface area contributed by atoms with E-state index in [1.165, 1.54) is 14.0 Å². The molecule has 1 aromatic carbocycles. The molecule has 2 N–H and O–H groups in total. The van der Waals surface area contributed by atoms with Gasteiger partial charge >= 0.3 is 5.97 Å². The van der Waals surface area contributed by atoms with Crippen LogP contribution in [0, 0.1) is 5.82 Å². The summed E-state index contributed by atoms with van der Waals surface area (Å²) in [7, 11) is 1.27. The predicted octanol–water partition coefficient (Wildman–Crippen LogP) is 1.29. The molecule has 6 heteroatoms. The Kier molecular flexibility index (Phi) is 4.28. The van der Waals surface area contributed by atoms with Gasteiger partial charge in [-0.1, -0.05) is 0 Å². The molecule has 0 amide bonds. The van der Waals surface area contributed by atoms with E-state index in [-0.39, 0.29) is 23.7 Å². The van der Waals surface area contributed by atoms with Gasteiger partial charge in [-0.2, -0.15) is 0 Å². The third kappa shape index (κ3) is 3.32. The summed E-state index contributed by atoms with van der Waals surface area (Å²) in [6.07, 6.45) is -0.766. The highest BCUT2D eigenvalue weighted by Gasteiger charge is 2.16. The number of hydrogen-bond donors (Lipinski definition) is 2. The van der Waals surface area contributed by atoms with Crippen LogP contribution in [-0.4, -0.2) is 36.0 Å². The molecule has 1 atom stereocenters. The highest BCUT2D eigenvalue weighted by Crippen LogP contribution is 2.31. The standard InChI is InChI=1S/C11H13FO5/c1-6(13)5-17-10-8(12)3-7(11(14)15)4-9(10)16-2/h3-4,6,13H,5H2,1-2H3,(H,14,15)/t6-/m1/s1. The van der Waals surface area contributed by atoms with Gasteiger partial charge in [-0.05, 0) is 19.1 Å². The molecule has 0 aliphatic heterocycles. The monoisotopic (exact) mass is 244 g/mol.